The number of aromatic nitrogens is 3. The summed E-state index contributed by atoms with van der Waals surface area (Å²) in [6.07, 6.45) is 6.27. The SMILES string of the molecule is CC(C)NCCN1CCC(Cn2ccnn2)CC1. The molecule has 0 aromatic carbocycles. The van der Waals surface area contributed by atoms with E-state index in [9.17, 15) is 0 Å². The largest absolute Gasteiger partial charge is 0.313 e. The normalized spacial score (nSPS) is 18.6. The summed E-state index contributed by atoms with van der Waals surface area (Å²) in [6, 6.07) is 0.592. The molecule has 1 aromatic heterocycles. The number of rotatable bonds is 6. The lowest BCUT2D eigenvalue weighted by atomic mass is 9.97. The van der Waals surface area contributed by atoms with Crippen LogP contribution in [0, 0.1) is 5.92 Å². The van der Waals surface area contributed by atoms with Gasteiger partial charge in [0.05, 0.1) is 6.20 Å². The van der Waals surface area contributed by atoms with Gasteiger partial charge in [-0.3, -0.25) is 4.68 Å². The van der Waals surface area contributed by atoms with Crippen LogP contribution in [0.3, 0.4) is 0 Å². The molecule has 0 spiro atoms. The van der Waals surface area contributed by atoms with Crippen LogP contribution in [0.25, 0.3) is 0 Å². The van der Waals surface area contributed by atoms with Crippen LogP contribution in [0.5, 0.6) is 0 Å². The van der Waals surface area contributed by atoms with E-state index in [0.717, 1.165) is 19.0 Å². The lowest BCUT2D eigenvalue weighted by Crippen LogP contribution is -2.40. The molecule has 1 N–H and O–H groups in total. The van der Waals surface area contributed by atoms with Crippen LogP contribution in [0.1, 0.15) is 26.7 Å². The monoisotopic (exact) mass is 251 g/mol. The molecule has 0 bridgehead atoms. The molecule has 0 saturated carbocycles. The zero-order valence-corrected chi connectivity index (χ0v) is 11.5. The molecule has 0 amide bonds. The maximum absolute atomic E-state index is 4.04. The predicted octanol–water partition coefficient (Wildman–Crippen LogP) is 0.988. The Morgan fingerprint density at radius 3 is 2.72 bits per heavy atom. The Hall–Kier alpha value is -0.940. The first-order chi connectivity index (χ1) is 8.74. The van der Waals surface area contributed by atoms with Crippen LogP contribution >= 0.6 is 0 Å². The third-order valence-electron chi connectivity index (χ3n) is 3.60. The van der Waals surface area contributed by atoms with Gasteiger partial charge in [0.15, 0.2) is 0 Å². The average Bonchev–Trinajstić information content (AvgIpc) is 2.84. The summed E-state index contributed by atoms with van der Waals surface area (Å²) < 4.78 is 1.96. The molecule has 2 heterocycles. The zero-order valence-electron chi connectivity index (χ0n) is 11.5. The molecule has 102 valence electrons. The fraction of sp³-hybridized carbons (Fsp3) is 0.846. The van der Waals surface area contributed by atoms with E-state index in [4.69, 9.17) is 0 Å². The van der Waals surface area contributed by atoms with Crippen LogP contribution in [-0.2, 0) is 6.54 Å². The van der Waals surface area contributed by atoms with E-state index in [2.05, 4.69) is 34.4 Å². The van der Waals surface area contributed by atoms with Crippen LogP contribution in [-0.4, -0.2) is 52.1 Å². The molecule has 0 radical (unpaired) electrons. The highest BCUT2D eigenvalue weighted by Gasteiger charge is 2.19. The number of likely N-dealkylation sites (tertiary alicyclic amines) is 1. The fourth-order valence-corrected chi connectivity index (χ4v) is 2.50. The van der Waals surface area contributed by atoms with Gasteiger partial charge in [-0.2, -0.15) is 0 Å². The minimum Gasteiger partial charge on any atom is -0.313 e. The summed E-state index contributed by atoms with van der Waals surface area (Å²) in [4.78, 5) is 2.56. The number of hydrogen-bond acceptors (Lipinski definition) is 4. The minimum absolute atomic E-state index is 0.592. The van der Waals surface area contributed by atoms with E-state index in [-0.39, 0.29) is 0 Å². The van der Waals surface area contributed by atoms with Gasteiger partial charge in [0.2, 0.25) is 0 Å². The second-order valence-corrected chi connectivity index (χ2v) is 5.52. The highest BCUT2D eigenvalue weighted by Crippen LogP contribution is 2.18. The first-order valence-electron chi connectivity index (χ1n) is 7.04. The zero-order chi connectivity index (χ0) is 12.8. The topological polar surface area (TPSA) is 46.0 Å². The van der Waals surface area contributed by atoms with Crippen molar-refractivity contribution in [1.82, 2.24) is 25.2 Å². The molecule has 18 heavy (non-hydrogen) atoms. The fourth-order valence-electron chi connectivity index (χ4n) is 2.50. The summed E-state index contributed by atoms with van der Waals surface area (Å²) in [6.45, 7) is 10.1. The molecule has 1 saturated heterocycles. The number of piperidine rings is 1. The first-order valence-corrected chi connectivity index (χ1v) is 7.04. The molecule has 1 aliphatic rings. The standard InChI is InChI=1S/C13H25N5/c1-12(2)14-5-9-17-7-3-13(4-8-17)11-18-10-6-15-16-18/h6,10,12-14H,3-5,7-9,11H2,1-2H3. The van der Waals surface area contributed by atoms with E-state index < -0.39 is 0 Å². The third kappa shape index (κ3) is 4.38. The Bertz CT molecular complexity index is 314. The Labute approximate surface area is 110 Å². The quantitative estimate of drug-likeness (QED) is 0.819. The van der Waals surface area contributed by atoms with Crippen molar-refractivity contribution in [1.29, 1.82) is 0 Å². The molecule has 0 atom stereocenters. The van der Waals surface area contributed by atoms with Crippen molar-refractivity contribution >= 4 is 0 Å². The lowest BCUT2D eigenvalue weighted by Gasteiger charge is -2.32. The summed E-state index contributed by atoms with van der Waals surface area (Å²) in [5.74, 6) is 0.765. The van der Waals surface area contributed by atoms with Crippen molar-refractivity contribution in [3.05, 3.63) is 12.4 Å². The maximum Gasteiger partial charge on any atom is 0.0692 e. The van der Waals surface area contributed by atoms with Crippen molar-refractivity contribution in [3.63, 3.8) is 0 Å². The van der Waals surface area contributed by atoms with E-state index >= 15 is 0 Å². The third-order valence-corrected chi connectivity index (χ3v) is 3.60. The number of nitrogens with zero attached hydrogens (tertiary/aromatic N) is 4. The highest BCUT2D eigenvalue weighted by atomic mass is 15.4. The van der Waals surface area contributed by atoms with Gasteiger partial charge in [0, 0.05) is 31.9 Å². The Morgan fingerprint density at radius 2 is 2.11 bits per heavy atom. The molecule has 1 fully saturated rings. The highest BCUT2D eigenvalue weighted by molar-refractivity contribution is 4.74. The van der Waals surface area contributed by atoms with Crippen LogP contribution in [0.2, 0.25) is 0 Å². The van der Waals surface area contributed by atoms with Gasteiger partial charge in [0.1, 0.15) is 0 Å². The molecule has 1 aliphatic heterocycles. The molecular formula is C13H25N5. The van der Waals surface area contributed by atoms with Gasteiger partial charge >= 0.3 is 0 Å². The lowest BCUT2D eigenvalue weighted by molar-refractivity contribution is 0.170. The van der Waals surface area contributed by atoms with E-state index in [1.165, 1.54) is 32.5 Å². The summed E-state index contributed by atoms with van der Waals surface area (Å²) in [7, 11) is 0. The van der Waals surface area contributed by atoms with Crippen LogP contribution in [0.15, 0.2) is 12.4 Å². The predicted molar refractivity (Wildman–Crippen MR) is 72.3 cm³/mol. The maximum atomic E-state index is 4.04. The molecular weight excluding hydrogens is 226 g/mol. The van der Waals surface area contributed by atoms with E-state index in [1.54, 1.807) is 6.20 Å². The Balaban J connectivity index is 1.62. The molecule has 2 rings (SSSR count). The molecule has 0 aliphatic carbocycles. The second-order valence-electron chi connectivity index (χ2n) is 5.52. The van der Waals surface area contributed by atoms with E-state index in [1.807, 2.05) is 10.9 Å². The van der Waals surface area contributed by atoms with Crippen molar-refractivity contribution in [2.24, 2.45) is 5.92 Å². The first kappa shape index (κ1) is 13.5. The van der Waals surface area contributed by atoms with Gasteiger partial charge in [0.25, 0.3) is 0 Å². The van der Waals surface area contributed by atoms with Gasteiger partial charge in [-0.05, 0) is 31.8 Å². The second kappa shape index (κ2) is 6.85. The van der Waals surface area contributed by atoms with Crippen molar-refractivity contribution < 1.29 is 0 Å². The van der Waals surface area contributed by atoms with Crippen molar-refractivity contribution in [2.75, 3.05) is 26.2 Å². The van der Waals surface area contributed by atoms with Crippen molar-refractivity contribution in [3.8, 4) is 0 Å². The summed E-state index contributed by atoms with van der Waals surface area (Å²) >= 11 is 0. The van der Waals surface area contributed by atoms with Gasteiger partial charge in [-0.25, -0.2) is 0 Å². The number of nitrogens with one attached hydrogen (secondary N) is 1. The van der Waals surface area contributed by atoms with E-state index in [0.29, 0.717) is 6.04 Å². The molecule has 5 nitrogen and oxygen atoms in total. The summed E-state index contributed by atoms with van der Waals surface area (Å²) in [5.41, 5.74) is 0. The number of hydrogen-bond donors (Lipinski definition) is 1. The smallest absolute Gasteiger partial charge is 0.0692 e. The minimum atomic E-state index is 0.592. The molecule has 0 unspecified atom stereocenters. The Kier molecular flexibility index (Phi) is 5.13. The average molecular weight is 251 g/mol. The van der Waals surface area contributed by atoms with Gasteiger partial charge in [-0.15, -0.1) is 5.10 Å². The molecule has 1 aromatic rings. The van der Waals surface area contributed by atoms with Gasteiger partial charge < -0.3 is 10.2 Å². The van der Waals surface area contributed by atoms with Crippen molar-refractivity contribution in [2.45, 2.75) is 39.3 Å². The molecule has 5 heteroatoms. The Morgan fingerprint density at radius 1 is 1.33 bits per heavy atom. The van der Waals surface area contributed by atoms with Crippen LogP contribution < -0.4 is 5.32 Å². The summed E-state index contributed by atoms with van der Waals surface area (Å²) in [5, 5.41) is 11.4. The van der Waals surface area contributed by atoms with Gasteiger partial charge in [-0.1, -0.05) is 19.1 Å². The van der Waals surface area contributed by atoms with Crippen LogP contribution in [0.4, 0.5) is 0 Å².